The summed E-state index contributed by atoms with van der Waals surface area (Å²) >= 11 is 0. The number of piperidine rings is 1. The van der Waals surface area contributed by atoms with E-state index in [9.17, 15) is 14.4 Å². The van der Waals surface area contributed by atoms with Crippen LogP contribution in [-0.2, 0) is 14.3 Å². The number of amides is 1. The monoisotopic (exact) mass is 363 g/mol. The predicted molar refractivity (Wildman–Crippen MR) is 91.5 cm³/mol. The summed E-state index contributed by atoms with van der Waals surface area (Å²) in [6, 6.07) is 3.21. The molecule has 0 unspecified atom stereocenters. The Labute approximate surface area is 151 Å². The maximum Gasteiger partial charge on any atom is 0.309 e. The Hall–Kier alpha value is -2.61. The van der Waals surface area contributed by atoms with Crippen LogP contribution < -0.4 is 19.7 Å². The smallest absolute Gasteiger partial charge is 0.309 e. The minimum atomic E-state index is -0.183. The Morgan fingerprint density at radius 2 is 1.85 bits per heavy atom. The van der Waals surface area contributed by atoms with Crippen LogP contribution >= 0.6 is 0 Å². The quantitative estimate of drug-likeness (QED) is 0.566. The van der Waals surface area contributed by atoms with Gasteiger partial charge in [-0.3, -0.25) is 14.4 Å². The van der Waals surface area contributed by atoms with E-state index in [0.717, 1.165) is 18.0 Å². The van der Waals surface area contributed by atoms with Crippen LogP contribution in [-0.4, -0.2) is 51.2 Å². The molecule has 2 aliphatic heterocycles. The lowest BCUT2D eigenvalue weighted by molar-refractivity contribution is -0.897. The molecule has 8 nitrogen and oxygen atoms in total. The Kier molecular flexibility index (Phi) is 5.41. The topological polar surface area (TPSA) is 95.4 Å². The molecule has 1 aromatic rings. The van der Waals surface area contributed by atoms with E-state index in [-0.39, 0.29) is 36.9 Å². The molecule has 0 atom stereocenters. The molecule has 2 heterocycles. The summed E-state index contributed by atoms with van der Waals surface area (Å²) in [6.07, 6.45) is 1.41. The highest BCUT2D eigenvalue weighted by atomic mass is 16.7. The lowest BCUT2D eigenvalue weighted by Gasteiger charge is -2.27. The Morgan fingerprint density at radius 3 is 2.46 bits per heavy atom. The molecule has 3 rings (SSSR count). The minimum absolute atomic E-state index is 0.0787. The van der Waals surface area contributed by atoms with Crippen molar-refractivity contribution in [3.63, 3.8) is 0 Å². The Morgan fingerprint density at radius 1 is 1.19 bits per heavy atom. The molecular formula is C18H23N2O6+. The molecule has 0 bridgehead atoms. The fourth-order valence-electron chi connectivity index (χ4n) is 3.36. The molecule has 0 saturated carbocycles. The summed E-state index contributed by atoms with van der Waals surface area (Å²) in [5, 5.41) is 2.81. The van der Waals surface area contributed by atoms with E-state index >= 15 is 0 Å². The van der Waals surface area contributed by atoms with Crippen LogP contribution in [0, 0.1) is 5.92 Å². The number of likely N-dealkylation sites (tertiary alicyclic amines) is 1. The molecule has 1 fully saturated rings. The summed E-state index contributed by atoms with van der Waals surface area (Å²) in [6.45, 7) is 3.28. The average molecular weight is 363 g/mol. The van der Waals surface area contributed by atoms with Gasteiger partial charge in [-0.05, 0) is 13.0 Å². The minimum Gasteiger partial charge on any atom is -0.469 e. The first kappa shape index (κ1) is 18.2. The van der Waals surface area contributed by atoms with Crippen molar-refractivity contribution in [2.45, 2.75) is 19.8 Å². The van der Waals surface area contributed by atoms with Gasteiger partial charge in [-0.15, -0.1) is 0 Å². The van der Waals surface area contributed by atoms with E-state index in [4.69, 9.17) is 14.2 Å². The standard InChI is InChI=1S/C18H22N2O6/c1-11(21)13-7-15-16(26-10-25-15)8-14(13)19-17(22)9-20-5-3-12(4-6-20)18(23)24-2/h7-8,12H,3-6,9-10H2,1-2H3,(H,19,22)/p+1. The van der Waals surface area contributed by atoms with Crippen LogP contribution in [0.4, 0.5) is 5.69 Å². The van der Waals surface area contributed by atoms with Crippen molar-refractivity contribution in [1.82, 2.24) is 0 Å². The first-order chi connectivity index (χ1) is 12.5. The number of nitrogens with one attached hydrogen (secondary N) is 2. The zero-order chi connectivity index (χ0) is 18.7. The first-order valence-electron chi connectivity index (χ1n) is 8.63. The van der Waals surface area contributed by atoms with Gasteiger partial charge < -0.3 is 24.4 Å². The number of quaternary nitrogens is 1. The normalized spacial score (nSPS) is 21.2. The van der Waals surface area contributed by atoms with Gasteiger partial charge in [0.2, 0.25) is 6.79 Å². The molecule has 26 heavy (non-hydrogen) atoms. The molecule has 1 saturated heterocycles. The van der Waals surface area contributed by atoms with Gasteiger partial charge in [0.1, 0.15) is 0 Å². The van der Waals surface area contributed by atoms with Gasteiger partial charge >= 0.3 is 5.97 Å². The van der Waals surface area contributed by atoms with Gasteiger partial charge in [0.25, 0.3) is 5.91 Å². The van der Waals surface area contributed by atoms with Crippen molar-refractivity contribution >= 4 is 23.3 Å². The van der Waals surface area contributed by atoms with E-state index in [1.54, 1.807) is 12.1 Å². The number of hydrogen-bond acceptors (Lipinski definition) is 6. The Balaban J connectivity index is 1.61. The van der Waals surface area contributed by atoms with Crippen molar-refractivity contribution in [3.05, 3.63) is 17.7 Å². The van der Waals surface area contributed by atoms with Gasteiger partial charge in [0.15, 0.2) is 23.8 Å². The van der Waals surface area contributed by atoms with Crippen LogP contribution in [0.1, 0.15) is 30.1 Å². The Bertz CT molecular complexity index is 725. The number of Topliss-reactive ketones (excluding diaryl/α,β-unsaturated/α-hetero) is 1. The molecule has 140 valence electrons. The number of hydrogen-bond donors (Lipinski definition) is 2. The number of benzene rings is 1. The molecule has 1 aromatic carbocycles. The van der Waals surface area contributed by atoms with Gasteiger partial charge in [-0.2, -0.15) is 0 Å². The molecule has 2 aliphatic rings. The SMILES string of the molecule is COC(=O)C1CC[NH+](CC(=O)Nc2cc3c(cc2C(C)=O)OCO3)CC1. The van der Waals surface area contributed by atoms with Crippen LogP contribution in [0.15, 0.2) is 12.1 Å². The number of carbonyl (C=O) groups is 3. The number of carbonyl (C=O) groups excluding carboxylic acids is 3. The van der Waals surface area contributed by atoms with Gasteiger partial charge in [-0.1, -0.05) is 0 Å². The number of ether oxygens (including phenoxy) is 3. The highest BCUT2D eigenvalue weighted by Crippen LogP contribution is 2.37. The largest absolute Gasteiger partial charge is 0.469 e. The van der Waals surface area contributed by atoms with Crippen LogP contribution in [0.2, 0.25) is 0 Å². The number of anilines is 1. The van der Waals surface area contributed by atoms with Crippen molar-refractivity contribution < 1.29 is 33.5 Å². The number of methoxy groups -OCH3 is 1. The van der Waals surface area contributed by atoms with Gasteiger partial charge in [0, 0.05) is 24.5 Å². The fourth-order valence-corrected chi connectivity index (χ4v) is 3.36. The third-order valence-electron chi connectivity index (χ3n) is 4.80. The maximum atomic E-state index is 12.4. The zero-order valence-corrected chi connectivity index (χ0v) is 14.9. The van der Waals surface area contributed by atoms with Crippen molar-refractivity contribution in [3.8, 4) is 11.5 Å². The first-order valence-corrected chi connectivity index (χ1v) is 8.63. The van der Waals surface area contributed by atoms with Crippen LogP contribution in [0.5, 0.6) is 11.5 Å². The van der Waals surface area contributed by atoms with E-state index in [1.807, 2.05) is 0 Å². The second-order valence-corrected chi connectivity index (χ2v) is 6.58. The van der Waals surface area contributed by atoms with E-state index < -0.39 is 0 Å². The molecule has 1 amide bonds. The summed E-state index contributed by atoms with van der Waals surface area (Å²) in [5.74, 6) is 0.410. The van der Waals surface area contributed by atoms with Crippen LogP contribution in [0.25, 0.3) is 0 Å². The van der Waals surface area contributed by atoms with E-state index in [0.29, 0.717) is 35.6 Å². The van der Waals surface area contributed by atoms with Crippen molar-refractivity contribution in [2.24, 2.45) is 5.92 Å². The number of ketones is 1. The molecule has 8 heteroatoms. The molecule has 0 aromatic heterocycles. The van der Waals surface area contributed by atoms with E-state index in [1.165, 1.54) is 14.0 Å². The summed E-state index contributed by atoms with van der Waals surface area (Å²) in [4.78, 5) is 37.0. The molecular weight excluding hydrogens is 340 g/mol. The summed E-state index contributed by atoms with van der Waals surface area (Å²) in [7, 11) is 1.40. The lowest BCUT2D eigenvalue weighted by Crippen LogP contribution is -3.14. The zero-order valence-electron chi connectivity index (χ0n) is 14.9. The second-order valence-electron chi connectivity index (χ2n) is 6.58. The van der Waals surface area contributed by atoms with Crippen LogP contribution in [0.3, 0.4) is 0 Å². The van der Waals surface area contributed by atoms with Gasteiger partial charge in [0.05, 0.1) is 31.8 Å². The molecule has 0 spiro atoms. The highest BCUT2D eigenvalue weighted by Gasteiger charge is 2.29. The van der Waals surface area contributed by atoms with E-state index in [2.05, 4.69) is 5.32 Å². The molecule has 0 radical (unpaired) electrons. The lowest BCUT2D eigenvalue weighted by atomic mass is 9.97. The summed E-state index contributed by atoms with van der Waals surface area (Å²) in [5.41, 5.74) is 0.817. The summed E-state index contributed by atoms with van der Waals surface area (Å²) < 4.78 is 15.4. The van der Waals surface area contributed by atoms with Gasteiger partial charge in [-0.25, -0.2) is 0 Å². The van der Waals surface area contributed by atoms with Crippen molar-refractivity contribution in [2.75, 3.05) is 38.9 Å². The number of rotatable bonds is 5. The maximum absolute atomic E-state index is 12.4. The molecule has 0 aliphatic carbocycles. The molecule has 2 N–H and O–H groups in total. The van der Waals surface area contributed by atoms with Crippen molar-refractivity contribution in [1.29, 1.82) is 0 Å². The third-order valence-corrected chi connectivity index (χ3v) is 4.80. The number of esters is 1. The predicted octanol–water partition coefficient (Wildman–Crippen LogP) is 0.0243. The number of fused-ring (bicyclic) bond motifs is 1. The third kappa shape index (κ3) is 3.96. The average Bonchev–Trinajstić information content (AvgIpc) is 3.08. The second kappa shape index (κ2) is 7.74. The fraction of sp³-hybridized carbons (Fsp3) is 0.500. The highest BCUT2D eigenvalue weighted by molar-refractivity contribution is 6.04.